The van der Waals surface area contributed by atoms with E-state index in [2.05, 4.69) is 10.2 Å². The van der Waals surface area contributed by atoms with Gasteiger partial charge in [0, 0.05) is 11.6 Å². The Labute approximate surface area is 167 Å². The molecule has 1 N–H and O–H groups in total. The number of carbonyl (C=O) groups excluding carboxylic acids is 1. The number of amides is 1. The van der Waals surface area contributed by atoms with Crippen LogP contribution in [0.2, 0.25) is 5.02 Å². The molecular formula is C19H30ClN3O3S. The Morgan fingerprint density at radius 1 is 1.30 bits per heavy atom. The Morgan fingerprint density at radius 2 is 1.96 bits per heavy atom. The maximum atomic E-state index is 12.6. The number of anilines is 1. The minimum absolute atomic E-state index is 0.307. The molecule has 0 spiro atoms. The van der Waals surface area contributed by atoms with Crippen LogP contribution in [0.3, 0.4) is 0 Å². The molecule has 8 heteroatoms. The summed E-state index contributed by atoms with van der Waals surface area (Å²) in [6.07, 6.45) is 5.74. The van der Waals surface area contributed by atoms with Gasteiger partial charge in [-0.05, 0) is 70.4 Å². The lowest BCUT2D eigenvalue weighted by Gasteiger charge is -2.30. The number of piperidine rings is 1. The van der Waals surface area contributed by atoms with Crippen molar-refractivity contribution in [2.45, 2.75) is 45.6 Å². The van der Waals surface area contributed by atoms with Gasteiger partial charge in [-0.25, -0.2) is 8.42 Å². The van der Waals surface area contributed by atoms with Gasteiger partial charge in [-0.1, -0.05) is 24.1 Å². The Bertz CT molecular complexity index is 749. The topological polar surface area (TPSA) is 69.7 Å². The molecule has 1 amide bonds. The Morgan fingerprint density at radius 3 is 2.59 bits per heavy atom. The van der Waals surface area contributed by atoms with Gasteiger partial charge >= 0.3 is 0 Å². The summed E-state index contributed by atoms with van der Waals surface area (Å²) < 4.78 is 25.9. The van der Waals surface area contributed by atoms with Gasteiger partial charge in [-0.3, -0.25) is 9.10 Å². The van der Waals surface area contributed by atoms with Crippen LogP contribution in [0.15, 0.2) is 18.2 Å². The zero-order valence-electron chi connectivity index (χ0n) is 16.4. The van der Waals surface area contributed by atoms with E-state index in [1.807, 2.05) is 0 Å². The molecule has 1 atom stereocenters. The minimum Gasteiger partial charge on any atom is -0.354 e. The van der Waals surface area contributed by atoms with Crippen LogP contribution < -0.4 is 9.62 Å². The molecule has 1 aliphatic heterocycles. The maximum absolute atomic E-state index is 12.6. The average molecular weight is 416 g/mol. The third-order valence-corrected chi connectivity index (χ3v) is 6.36. The van der Waals surface area contributed by atoms with Crippen molar-refractivity contribution in [3.05, 3.63) is 28.8 Å². The number of hydrogen-bond acceptors (Lipinski definition) is 4. The maximum Gasteiger partial charge on any atom is 0.243 e. The third-order valence-electron chi connectivity index (χ3n) is 4.90. The first-order valence-corrected chi connectivity index (χ1v) is 11.7. The molecule has 2 rings (SSSR count). The molecule has 1 saturated heterocycles. The molecule has 0 bridgehead atoms. The van der Waals surface area contributed by atoms with Gasteiger partial charge in [-0.15, -0.1) is 0 Å². The van der Waals surface area contributed by atoms with Crippen molar-refractivity contribution in [3.8, 4) is 0 Å². The lowest BCUT2D eigenvalue weighted by atomic mass is 10.1. The van der Waals surface area contributed by atoms with E-state index in [-0.39, 0.29) is 5.91 Å². The summed E-state index contributed by atoms with van der Waals surface area (Å²) in [5.74, 6) is -0.307. The van der Waals surface area contributed by atoms with Crippen molar-refractivity contribution >= 4 is 33.2 Å². The molecule has 0 aromatic heterocycles. The number of rotatable bonds is 8. The largest absolute Gasteiger partial charge is 0.354 e. The quantitative estimate of drug-likeness (QED) is 0.663. The predicted molar refractivity (Wildman–Crippen MR) is 111 cm³/mol. The van der Waals surface area contributed by atoms with Crippen LogP contribution in [-0.4, -0.2) is 57.7 Å². The molecule has 152 valence electrons. The van der Waals surface area contributed by atoms with E-state index < -0.39 is 16.1 Å². The van der Waals surface area contributed by atoms with Gasteiger partial charge in [0.2, 0.25) is 15.9 Å². The van der Waals surface area contributed by atoms with Crippen molar-refractivity contribution in [1.29, 1.82) is 0 Å². The number of nitrogens with zero attached hydrogens (tertiary/aromatic N) is 2. The Kier molecular flexibility index (Phi) is 7.94. The number of sulfonamides is 1. The van der Waals surface area contributed by atoms with Gasteiger partial charge < -0.3 is 10.2 Å². The zero-order valence-corrected chi connectivity index (χ0v) is 17.9. The number of halogens is 1. The van der Waals surface area contributed by atoms with Gasteiger partial charge in [0.25, 0.3) is 0 Å². The van der Waals surface area contributed by atoms with Crippen molar-refractivity contribution in [2.24, 2.45) is 0 Å². The van der Waals surface area contributed by atoms with E-state index in [0.29, 0.717) is 17.3 Å². The molecule has 1 heterocycles. The zero-order chi connectivity index (χ0) is 20.0. The van der Waals surface area contributed by atoms with Crippen molar-refractivity contribution in [3.63, 3.8) is 0 Å². The molecule has 0 saturated carbocycles. The van der Waals surface area contributed by atoms with E-state index in [0.717, 1.165) is 42.2 Å². The number of hydrogen-bond donors (Lipinski definition) is 1. The van der Waals surface area contributed by atoms with E-state index in [9.17, 15) is 13.2 Å². The first-order chi connectivity index (χ1) is 12.7. The van der Waals surface area contributed by atoms with Gasteiger partial charge in [0.15, 0.2) is 0 Å². The normalized spacial score (nSPS) is 16.7. The number of nitrogens with one attached hydrogen (secondary N) is 1. The monoisotopic (exact) mass is 415 g/mol. The minimum atomic E-state index is -3.64. The van der Waals surface area contributed by atoms with Crippen LogP contribution >= 0.6 is 11.6 Å². The number of likely N-dealkylation sites (tertiary alicyclic amines) is 1. The highest BCUT2D eigenvalue weighted by atomic mass is 35.5. The lowest BCUT2D eigenvalue weighted by Crippen LogP contribution is -2.48. The molecule has 6 nitrogen and oxygen atoms in total. The summed E-state index contributed by atoms with van der Waals surface area (Å²) in [5.41, 5.74) is 1.18. The number of benzene rings is 1. The molecule has 0 aliphatic carbocycles. The molecule has 1 aliphatic rings. The highest BCUT2D eigenvalue weighted by Crippen LogP contribution is 2.28. The van der Waals surface area contributed by atoms with Crippen LogP contribution in [0, 0.1) is 6.92 Å². The summed E-state index contributed by atoms with van der Waals surface area (Å²) in [4.78, 5) is 15.0. The van der Waals surface area contributed by atoms with Crippen LogP contribution in [0.25, 0.3) is 0 Å². The summed E-state index contributed by atoms with van der Waals surface area (Å²) in [6, 6.07) is 4.18. The first-order valence-electron chi connectivity index (χ1n) is 9.46. The van der Waals surface area contributed by atoms with Crippen molar-refractivity contribution in [2.75, 3.05) is 36.7 Å². The van der Waals surface area contributed by atoms with Crippen LogP contribution in [0.1, 0.15) is 38.2 Å². The fourth-order valence-corrected chi connectivity index (χ4v) is 4.84. The molecular weight excluding hydrogens is 386 g/mol. The summed E-state index contributed by atoms with van der Waals surface area (Å²) in [5, 5.41) is 3.30. The van der Waals surface area contributed by atoms with Crippen molar-refractivity contribution < 1.29 is 13.2 Å². The predicted octanol–water partition coefficient (Wildman–Crippen LogP) is 2.80. The van der Waals surface area contributed by atoms with E-state index in [4.69, 9.17) is 11.6 Å². The van der Waals surface area contributed by atoms with Crippen molar-refractivity contribution in [1.82, 2.24) is 10.2 Å². The third kappa shape index (κ3) is 6.36. The van der Waals surface area contributed by atoms with Crippen LogP contribution in [0.4, 0.5) is 5.69 Å². The molecule has 1 fully saturated rings. The van der Waals surface area contributed by atoms with Crippen LogP contribution in [0.5, 0.6) is 0 Å². The average Bonchev–Trinajstić information content (AvgIpc) is 2.61. The Hall–Kier alpha value is -1.31. The summed E-state index contributed by atoms with van der Waals surface area (Å²) in [7, 11) is -3.64. The van der Waals surface area contributed by atoms with E-state index in [1.165, 1.54) is 19.3 Å². The van der Waals surface area contributed by atoms with Gasteiger partial charge in [0.1, 0.15) is 6.04 Å². The second kappa shape index (κ2) is 9.75. The number of aryl methyl sites for hydroxylation is 1. The standard InChI is InChI=1S/C19H30ClN3O3S/c1-15-8-9-17(20)14-18(15)23(27(3,25)26)16(2)19(24)21-10-7-13-22-11-5-4-6-12-22/h8-9,14,16H,4-7,10-13H2,1-3H3,(H,21,24)/t16-/m0/s1. The summed E-state index contributed by atoms with van der Waals surface area (Å²) >= 11 is 6.04. The smallest absolute Gasteiger partial charge is 0.243 e. The SMILES string of the molecule is Cc1ccc(Cl)cc1N([C@@H](C)C(=O)NCCCN1CCCCC1)S(C)(=O)=O. The second-order valence-electron chi connectivity index (χ2n) is 7.21. The highest BCUT2D eigenvalue weighted by Gasteiger charge is 2.30. The fourth-order valence-electron chi connectivity index (χ4n) is 3.45. The van der Waals surface area contributed by atoms with E-state index in [1.54, 1.807) is 32.0 Å². The first kappa shape index (κ1) is 22.0. The fraction of sp³-hybridized carbons (Fsp3) is 0.632. The molecule has 0 radical (unpaired) electrons. The second-order valence-corrected chi connectivity index (χ2v) is 9.51. The van der Waals surface area contributed by atoms with Gasteiger partial charge in [-0.2, -0.15) is 0 Å². The van der Waals surface area contributed by atoms with Crippen LogP contribution in [-0.2, 0) is 14.8 Å². The summed E-state index contributed by atoms with van der Waals surface area (Å²) in [6.45, 7) is 7.14. The lowest BCUT2D eigenvalue weighted by molar-refractivity contribution is -0.121. The molecule has 1 aromatic carbocycles. The molecule has 1 aromatic rings. The van der Waals surface area contributed by atoms with E-state index >= 15 is 0 Å². The Balaban J connectivity index is 1.99. The van der Waals surface area contributed by atoms with Gasteiger partial charge in [0.05, 0.1) is 11.9 Å². The molecule has 27 heavy (non-hydrogen) atoms. The molecule has 0 unspecified atom stereocenters. The number of carbonyl (C=O) groups is 1. The highest BCUT2D eigenvalue weighted by molar-refractivity contribution is 7.92.